The Morgan fingerprint density at radius 2 is 1.58 bits per heavy atom. The standard InChI is InChI=1S/C21H23N3OS/c1-2-3-6-15-18-23-24-21(26-18)22-20(25)19(16-11-7-4-8-12-16)17-13-9-5-10-14-17/h4-5,7-14,19H,2-3,6,15H2,1H3,(H,22,24,25). The average Bonchev–Trinajstić information content (AvgIpc) is 3.11. The van der Waals surface area contributed by atoms with Gasteiger partial charge < -0.3 is 0 Å². The van der Waals surface area contributed by atoms with Crippen LogP contribution in [0.25, 0.3) is 0 Å². The number of hydrogen-bond donors (Lipinski definition) is 1. The molecular formula is C21H23N3OS. The minimum absolute atomic E-state index is 0.0846. The van der Waals surface area contributed by atoms with E-state index in [1.807, 2.05) is 60.7 Å². The van der Waals surface area contributed by atoms with E-state index in [-0.39, 0.29) is 11.8 Å². The number of anilines is 1. The van der Waals surface area contributed by atoms with Crippen LogP contribution in [0.4, 0.5) is 5.13 Å². The highest BCUT2D eigenvalue weighted by atomic mass is 32.1. The Kier molecular flexibility index (Phi) is 6.50. The average molecular weight is 366 g/mol. The van der Waals surface area contributed by atoms with E-state index in [0.29, 0.717) is 5.13 Å². The van der Waals surface area contributed by atoms with Crippen molar-refractivity contribution < 1.29 is 4.79 Å². The van der Waals surface area contributed by atoms with Crippen LogP contribution in [-0.2, 0) is 11.2 Å². The van der Waals surface area contributed by atoms with Gasteiger partial charge >= 0.3 is 0 Å². The van der Waals surface area contributed by atoms with Crippen molar-refractivity contribution in [3.05, 3.63) is 76.8 Å². The molecule has 5 heteroatoms. The first-order valence-corrected chi connectivity index (χ1v) is 9.82. The summed E-state index contributed by atoms with van der Waals surface area (Å²) in [6, 6.07) is 19.6. The zero-order chi connectivity index (χ0) is 18.2. The third-order valence-electron chi connectivity index (χ3n) is 4.22. The zero-order valence-electron chi connectivity index (χ0n) is 14.9. The van der Waals surface area contributed by atoms with E-state index in [2.05, 4.69) is 22.4 Å². The molecular weight excluding hydrogens is 342 g/mol. The largest absolute Gasteiger partial charge is 0.300 e. The minimum atomic E-state index is -0.371. The first kappa shape index (κ1) is 18.3. The number of hydrogen-bond acceptors (Lipinski definition) is 4. The number of benzene rings is 2. The van der Waals surface area contributed by atoms with Crippen molar-refractivity contribution in [1.29, 1.82) is 0 Å². The van der Waals surface area contributed by atoms with Gasteiger partial charge in [0.25, 0.3) is 0 Å². The van der Waals surface area contributed by atoms with E-state index >= 15 is 0 Å². The lowest BCUT2D eigenvalue weighted by Gasteiger charge is -2.16. The number of amides is 1. The van der Waals surface area contributed by atoms with Crippen LogP contribution in [0, 0.1) is 0 Å². The summed E-state index contributed by atoms with van der Waals surface area (Å²) in [5.41, 5.74) is 1.92. The van der Waals surface area contributed by atoms with Gasteiger partial charge in [0.15, 0.2) is 0 Å². The lowest BCUT2D eigenvalue weighted by atomic mass is 9.90. The van der Waals surface area contributed by atoms with Crippen LogP contribution in [0.5, 0.6) is 0 Å². The van der Waals surface area contributed by atoms with E-state index in [1.165, 1.54) is 24.2 Å². The van der Waals surface area contributed by atoms with Crippen LogP contribution in [-0.4, -0.2) is 16.1 Å². The maximum Gasteiger partial charge on any atom is 0.238 e. The molecule has 0 spiro atoms. The number of carbonyl (C=O) groups is 1. The second-order valence-corrected chi connectivity index (χ2v) is 7.26. The third-order valence-corrected chi connectivity index (χ3v) is 5.12. The van der Waals surface area contributed by atoms with Gasteiger partial charge in [-0.15, -0.1) is 10.2 Å². The van der Waals surface area contributed by atoms with Crippen molar-refractivity contribution in [3.8, 4) is 0 Å². The van der Waals surface area contributed by atoms with Crippen LogP contribution >= 0.6 is 11.3 Å². The SMILES string of the molecule is CCCCCc1nnc(NC(=O)C(c2ccccc2)c2ccccc2)s1. The Bertz CT molecular complexity index is 778. The quantitative estimate of drug-likeness (QED) is 0.569. The highest BCUT2D eigenvalue weighted by molar-refractivity contribution is 7.15. The smallest absolute Gasteiger partial charge is 0.238 e. The van der Waals surface area contributed by atoms with Gasteiger partial charge in [0.1, 0.15) is 5.01 Å². The number of aromatic nitrogens is 2. The van der Waals surface area contributed by atoms with Gasteiger partial charge in [0.2, 0.25) is 11.0 Å². The summed E-state index contributed by atoms with van der Waals surface area (Å²) in [5, 5.41) is 12.8. The van der Waals surface area contributed by atoms with Crippen molar-refractivity contribution in [2.45, 2.75) is 38.5 Å². The first-order valence-electron chi connectivity index (χ1n) is 9.01. The molecule has 1 N–H and O–H groups in total. The molecule has 0 saturated carbocycles. The topological polar surface area (TPSA) is 54.9 Å². The second-order valence-electron chi connectivity index (χ2n) is 6.20. The van der Waals surface area contributed by atoms with Gasteiger partial charge in [0.05, 0.1) is 5.92 Å². The molecule has 0 unspecified atom stereocenters. The Morgan fingerprint density at radius 3 is 2.15 bits per heavy atom. The summed E-state index contributed by atoms with van der Waals surface area (Å²) >= 11 is 1.47. The van der Waals surface area contributed by atoms with Gasteiger partial charge in [-0.3, -0.25) is 10.1 Å². The monoisotopic (exact) mass is 365 g/mol. The van der Waals surface area contributed by atoms with Crippen molar-refractivity contribution in [2.24, 2.45) is 0 Å². The molecule has 4 nitrogen and oxygen atoms in total. The molecule has 0 fully saturated rings. The molecule has 0 aliphatic heterocycles. The molecule has 1 amide bonds. The molecule has 26 heavy (non-hydrogen) atoms. The molecule has 0 radical (unpaired) electrons. The summed E-state index contributed by atoms with van der Waals surface area (Å²) in [4.78, 5) is 13.0. The Morgan fingerprint density at radius 1 is 0.962 bits per heavy atom. The normalized spacial score (nSPS) is 10.8. The van der Waals surface area contributed by atoms with E-state index in [0.717, 1.165) is 29.0 Å². The molecule has 1 heterocycles. The van der Waals surface area contributed by atoms with Crippen LogP contribution in [0.15, 0.2) is 60.7 Å². The van der Waals surface area contributed by atoms with E-state index < -0.39 is 0 Å². The highest BCUT2D eigenvalue weighted by Gasteiger charge is 2.23. The number of aryl methyl sites for hydroxylation is 1. The Labute approximate surface area is 158 Å². The Hall–Kier alpha value is -2.53. The summed E-state index contributed by atoms with van der Waals surface area (Å²) in [6.45, 7) is 2.18. The van der Waals surface area contributed by atoms with Crippen molar-refractivity contribution in [1.82, 2.24) is 10.2 Å². The number of nitrogens with one attached hydrogen (secondary N) is 1. The fourth-order valence-corrected chi connectivity index (χ4v) is 3.68. The van der Waals surface area contributed by atoms with E-state index in [9.17, 15) is 4.79 Å². The minimum Gasteiger partial charge on any atom is -0.300 e. The van der Waals surface area contributed by atoms with Crippen LogP contribution in [0.3, 0.4) is 0 Å². The van der Waals surface area contributed by atoms with Crippen molar-refractivity contribution in [2.75, 3.05) is 5.32 Å². The van der Waals surface area contributed by atoms with Gasteiger partial charge in [-0.25, -0.2) is 0 Å². The highest BCUT2D eigenvalue weighted by Crippen LogP contribution is 2.27. The van der Waals surface area contributed by atoms with Crippen molar-refractivity contribution in [3.63, 3.8) is 0 Å². The number of carbonyl (C=O) groups excluding carboxylic acids is 1. The summed E-state index contributed by atoms with van der Waals surface area (Å²) in [6.07, 6.45) is 4.39. The zero-order valence-corrected chi connectivity index (χ0v) is 15.7. The van der Waals surface area contributed by atoms with Gasteiger partial charge in [0, 0.05) is 6.42 Å². The molecule has 3 aromatic rings. The fourth-order valence-electron chi connectivity index (χ4n) is 2.90. The fraction of sp³-hybridized carbons (Fsp3) is 0.286. The molecule has 2 aromatic carbocycles. The summed E-state index contributed by atoms with van der Waals surface area (Å²) in [5.74, 6) is -0.455. The molecule has 0 atom stereocenters. The summed E-state index contributed by atoms with van der Waals surface area (Å²) < 4.78 is 0. The van der Waals surface area contributed by atoms with Gasteiger partial charge in [-0.2, -0.15) is 0 Å². The molecule has 0 bridgehead atoms. The number of rotatable bonds is 8. The Balaban J connectivity index is 1.76. The van der Waals surface area contributed by atoms with Crippen LogP contribution in [0.1, 0.15) is 48.2 Å². The lowest BCUT2D eigenvalue weighted by molar-refractivity contribution is -0.116. The maximum atomic E-state index is 13.0. The summed E-state index contributed by atoms with van der Waals surface area (Å²) in [7, 11) is 0. The molecule has 3 rings (SSSR count). The molecule has 0 aliphatic rings. The van der Waals surface area contributed by atoms with E-state index in [1.54, 1.807) is 0 Å². The second kappa shape index (κ2) is 9.25. The maximum absolute atomic E-state index is 13.0. The van der Waals surface area contributed by atoms with Crippen LogP contribution < -0.4 is 5.32 Å². The third kappa shape index (κ3) is 4.76. The van der Waals surface area contributed by atoms with Crippen LogP contribution in [0.2, 0.25) is 0 Å². The molecule has 0 aliphatic carbocycles. The number of nitrogens with zero attached hydrogens (tertiary/aromatic N) is 2. The molecule has 0 saturated heterocycles. The van der Waals surface area contributed by atoms with Gasteiger partial charge in [-0.05, 0) is 17.5 Å². The predicted octanol–water partition coefficient (Wildman–Crippen LogP) is 5.04. The first-order chi connectivity index (χ1) is 12.8. The predicted molar refractivity (Wildman–Crippen MR) is 106 cm³/mol. The van der Waals surface area contributed by atoms with E-state index in [4.69, 9.17) is 0 Å². The van der Waals surface area contributed by atoms with Crippen molar-refractivity contribution >= 4 is 22.4 Å². The van der Waals surface area contributed by atoms with Gasteiger partial charge in [-0.1, -0.05) is 91.8 Å². The lowest BCUT2D eigenvalue weighted by Crippen LogP contribution is -2.22. The molecule has 1 aromatic heterocycles. The number of unbranched alkanes of at least 4 members (excludes halogenated alkanes) is 2. The molecule has 134 valence electrons.